The predicted molar refractivity (Wildman–Crippen MR) is 52.9 cm³/mol. The van der Waals surface area contributed by atoms with Crippen molar-refractivity contribution in [3.05, 3.63) is 27.8 Å². The van der Waals surface area contributed by atoms with Gasteiger partial charge in [-0.3, -0.25) is 9.67 Å². The quantitative estimate of drug-likeness (QED) is 0.827. The van der Waals surface area contributed by atoms with E-state index in [1.165, 1.54) is 0 Å². The van der Waals surface area contributed by atoms with Crippen molar-refractivity contribution < 1.29 is 0 Å². The largest absolute Gasteiger partial charge is 0.381 e. The van der Waals surface area contributed by atoms with Gasteiger partial charge >= 0.3 is 0 Å². The zero-order chi connectivity index (χ0) is 9.26. The maximum Gasteiger partial charge on any atom is 0.164 e. The van der Waals surface area contributed by atoms with Crippen molar-refractivity contribution in [3.63, 3.8) is 0 Å². The van der Waals surface area contributed by atoms with Crippen LogP contribution in [0, 0.1) is 0 Å². The van der Waals surface area contributed by atoms with Crippen molar-refractivity contribution in [1.29, 1.82) is 0 Å². The lowest BCUT2D eigenvalue weighted by molar-refractivity contribution is 0.697. The Balaban J connectivity index is 2.19. The van der Waals surface area contributed by atoms with Gasteiger partial charge in [-0.15, -0.1) is 11.3 Å². The van der Waals surface area contributed by atoms with Crippen molar-refractivity contribution >= 4 is 28.8 Å². The van der Waals surface area contributed by atoms with Crippen molar-refractivity contribution in [2.45, 2.75) is 6.54 Å². The van der Waals surface area contributed by atoms with Gasteiger partial charge in [0.15, 0.2) is 5.82 Å². The van der Waals surface area contributed by atoms with Gasteiger partial charge in [-0.05, 0) is 0 Å². The first-order valence-corrected chi connectivity index (χ1v) is 4.87. The summed E-state index contributed by atoms with van der Waals surface area (Å²) in [5, 5.41) is 4.52. The van der Waals surface area contributed by atoms with Gasteiger partial charge in [-0.25, -0.2) is 0 Å². The van der Waals surface area contributed by atoms with Crippen LogP contribution in [0.1, 0.15) is 4.88 Å². The second-order valence-corrected chi connectivity index (χ2v) is 3.91. The van der Waals surface area contributed by atoms with Crippen LogP contribution in [0.2, 0.25) is 5.02 Å². The van der Waals surface area contributed by atoms with Crippen LogP contribution in [-0.2, 0) is 6.54 Å². The lowest BCUT2D eigenvalue weighted by atomic mass is 10.5. The molecule has 0 amide bonds. The van der Waals surface area contributed by atoms with Crippen molar-refractivity contribution in [1.82, 2.24) is 14.8 Å². The molecule has 0 aliphatic heterocycles. The van der Waals surface area contributed by atoms with Crippen molar-refractivity contribution in [2.75, 3.05) is 5.73 Å². The molecule has 68 valence electrons. The topological polar surface area (TPSA) is 56.7 Å². The molecule has 13 heavy (non-hydrogen) atoms. The van der Waals surface area contributed by atoms with E-state index in [4.69, 9.17) is 17.3 Å². The first-order valence-electron chi connectivity index (χ1n) is 3.61. The lowest BCUT2D eigenvalue weighted by Gasteiger charge is -1.95. The first-order chi connectivity index (χ1) is 6.25. The summed E-state index contributed by atoms with van der Waals surface area (Å²) in [7, 11) is 0. The zero-order valence-electron chi connectivity index (χ0n) is 6.64. The summed E-state index contributed by atoms with van der Waals surface area (Å²) in [4.78, 5) is 5.08. The van der Waals surface area contributed by atoms with Crippen LogP contribution < -0.4 is 5.73 Å². The predicted octanol–water partition coefficient (Wildman–Crippen LogP) is 1.62. The number of nitrogens with zero attached hydrogens (tertiary/aromatic N) is 3. The van der Waals surface area contributed by atoms with Crippen LogP contribution in [0.4, 0.5) is 5.82 Å². The molecule has 4 nitrogen and oxygen atoms in total. The summed E-state index contributed by atoms with van der Waals surface area (Å²) >= 11 is 7.33. The first kappa shape index (κ1) is 8.52. The molecule has 2 aromatic rings. The molecule has 0 atom stereocenters. The monoisotopic (exact) mass is 214 g/mol. The summed E-state index contributed by atoms with van der Waals surface area (Å²) in [6.07, 6.45) is 3.51. The van der Waals surface area contributed by atoms with E-state index in [9.17, 15) is 0 Å². The Morgan fingerprint density at radius 3 is 3.00 bits per heavy atom. The highest BCUT2D eigenvalue weighted by Crippen LogP contribution is 2.16. The van der Waals surface area contributed by atoms with Crippen LogP contribution in [0.15, 0.2) is 17.9 Å². The molecule has 2 rings (SSSR count). The van der Waals surface area contributed by atoms with Gasteiger partial charge in [-0.1, -0.05) is 11.6 Å². The van der Waals surface area contributed by atoms with Crippen LogP contribution in [-0.4, -0.2) is 14.8 Å². The van der Waals surface area contributed by atoms with E-state index in [-0.39, 0.29) is 0 Å². The molecule has 0 aliphatic carbocycles. The average Bonchev–Trinajstić information content (AvgIpc) is 2.64. The van der Waals surface area contributed by atoms with E-state index in [1.54, 1.807) is 33.9 Å². The fourth-order valence-corrected chi connectivity index (χ4v) is 1.71. The van der Waals surface area contributed by atoms with Gasteiger partial charge in [0.2, 0.25) is 0 Å². The average molecular weight is 215 g/mol. The molecule has 0 aliphatic rings. The van der Waals surface area contributed by atoms with Crippen LogP contribution in [0.3, 0.4) is 0 Å². The maximum absolute atomic E-state index is 5.75. The minimum Gasteiger partial charge on any atom is -0.381 e. The number of nitrogens with two attached hydrogens (primary N) is 1. The van der Waals surface area contributed by atoms with E-state index in [0.717, 1.165) is 4.88 Å². The Morgan fingerprint density at radius 1 is 1.62 bits per heavy atom. The molecule has 0 radical (unpaired) electrons. The number of thiazole rings is 1. The SMILES string of the molecule is Nc1nn(Cc2cncs2)cc1Cl. The maximum atomic E-state index is 5.75. The minimum absolute atomic E-state index is 0.367. The fraction of sp³-hybridized carbons (Fsp3) is 0.143. The summed E-state index contributed by atoms with van der Waals surface area (Å²) in [5.41, 5.74) is 7.28. The molecule has 0 bridgehead atoms. The van der Waals surface area contributed by atoms with Crippen LogP contribution >= 0.6 is 22.9 Å². The molecular weight excluding hydrogens is 208 g/mol. The fourth-order valence-electron chi connectivity index (χ4n) is 0.973. The summed E-state index contributed by atoms with van der Waals surface area (Å²) in [6.45, 7) is 0.668. The number of anilines is 1. The normalized spacial score (nSPS) is 10.5. The second-order valence-electron chi connectivity index (χ2n) is 2.53. The van der Waals surface area contributed by atoms with Crippen LogP contribution in [0.25, 0.3) is 0 Å². The highest BCUT2D eigenvalue weighted by Gasteiger charge is 2.03. The Bertz CT molecular complexity index is 375. The second kappa shape index (κ2) is 3.35. The number of rotatable bonds is 2. The van der Waals surface area contributed by atoms with Gasteiger partial charge < -0.3 is 5.73 Å². The van der Waals surface area contributed by atoms with E-state index < -0.39 is 0 Å². The van der Waals surface area contributed by atoms with E-state index in [0.29, 0.717) is 17.4 Å². The molecular formula is C7H7ClN4S. The van der Waals surface area contributed by atoms with Gasteiger partial charge in [-0.2, -0.15) is 5.10 Å². The van der Waals surface area contributed by atoms with Gasteiger partial charge in [0, 0.05) is 17.3 Å². The van der Waals surface area contributed by atoms with Gasteiger partial charge in [0.05, 0.1) is 12.1 Å². The molecule has 6 heteroatoms. The summed E-state index contributed by atoms with van der Waals surface area (Å²) in [5.74, 6) is 0.367. The minimum atomic E-state index is 0.367. The smallest absolute Gasteiger partial charge is 0.164 e. The Morgan fingerprint density at radius 2 is 2.46 bits per heavy atom. The van der Waals surface area contributed by atoms with E-state index >= 15 is 0 Å². The van der Waals surface area contributed by atoms with E-state index in [1.807, 2.05) is 0 Å². The molecule has 0 fully saturated rings. The zero-order valence-corrected chi connectivity index (χ0v) is 8.22. The third kappa shape index (κ3) is 1.81. The van der Waals surface area contributed by atoms with Crippen molar-refractivity contribution in [2.24, 2.45) is 0 Å². The Labute approximate surface area is 84.0 Å². The summed E-state index contributed by atoms with van der Waals surface area (Å²) in [6, 6.07) is 0. The molecule has 0 spiro atoms. The van der Waals surface area contributed by atoms with E-state index in [2.05, 4.69) is 10.1 Å². The lowest BCUT2D eigenvalue weighted by Crippen LogP contribution is -1.99. The van der Waals surface area contributed by atoms with Crippen molar-refractivity contribution in [3.8, 4) is 0 Å². The molecule has 2 heterocycles. The Hall–Kier alpha value is -1.07. The standard InChI is InChI=1S/C7H7ClN4S/c8-6-3-12(11-7(6)9)2-5-1-10-4-13-5/h1,3-4H,2H2,(H2,9,11). The molecule has 0 saturated carbocycles. The van der Waals surface area contributed by atoms with Gasteiger partial charge in [0.25, 0.3) is 0 Å². The number of aromatic nitrogens is 3. The third-order valence-corrected chi connectivity index (χ3v) is 2.60. The van der Waals surface area contributed by atoms with Gasteiger partial charge in [0.1, 0.15) is 5.02 Å². The number of hydrogen-bond donors (Lipinski definition) is 1. The molecule has 2 N–H and O–H groups in total. The molecule has 0 saturated heterocycles. The highest BCUT2D eigenvalue weighted by molar-refractivity contribution is 7.09. The number of nitrogen functional groups attached to an aromatic ring is 1. The number of hydrogen-bond acceptors (Lipinski definition) is 4. The van der Waals surface area contributed by atoms with Crippen LogP contribution in [0.5, 0.6) is 0 Å². The highest BCUT2D eigenvalue weighted by atomic mass is 35.5. The molecule has 0 aromatic carbocycles. The third-order valence-electron chi connectivity index (χ3n) is 1.54. The molecule has 0 unspecified atom stereocenters. The Kier molecular flexibility index (Phi) is 2.20. The molecule has 2 aromatic heterocycles. The number of halogens is 1. The summed E-state index contributed by atoms with van der Waals surface area (Å²) < 4.78 is 1.70.